The molecular weight excluding hydrogens is 250 g/mol. The number of hydrogen-bond acceptors (Lipinski definition) is 3. The van der Waals surface area contributed by atoms with E-state index in [1.54, 1.807) is 0 Å². The normalized spacial score (nSPS) is 21.0. The predicted molar refractivity (Wildman–Crippen MR) is 78.3 cm³/mol. The molecule has 0 amide bonds. The molecule has 0 unspecified atom stereocenters. The summed E-state index contributed by atoms with van der Waals surface area (Å²) in [6.07, 6.45) is 7.16. The van der Waals surface area contributed by atoms with Gasteiger partial charge < -0.3 is 9.09 Å². The van der Waals surface area contributed by atoms with Crippen LogP contribution in [0.4, 0.5) is 0 Å². The molecule has 1 saturated heterocycles. The van der Waals surface area contributed by atoms with Crippen LogP contribution >= 0.6 is 0 Å². The van der Waals surface area contributed by atoms with Crippen molar-refractivity contribution in [3.8, 4) is 0 Å². The van der Waals surface area contributed by atoms with Crippen molar-refractivity contribution >= 4 is 0 Å². The molecule has 2 aromatic heterocycles. The number of aromatic nitrogens is 2. The molecule has 4 heteroatoms. The maximum Gasteiger partial charge on any atom is 0.133 e. The minimum absolute atomic E-state index is 0.393. The summed E-state index contributed by atoms with van der Waals surface area (Å²) in [5.74, 6) is 0.906. The van der Waals surface area contributed by atoms with Gasteiger partial charge in [0.2, 0.25) is 0 Å². The molecule has 1 fully saturated rings. The van der Waals surface area contributed by atoms with E-state index in [2.05, 4.69) is 46.1 Å². The number of hydrogen-bond donors (Lipinski definition) is 0. The van der Waals surface area contributed by atoms with E-state index in [0.717, 1.165) is 24.5 Å². The second kappa shape index (κ2) is 5.83. The second-order valence-corrected chi connectivity index (χ2v) is 5.81. The van der Waals surface area contributed by atoms with Crippen LogP contribution < -0.4 is 0 Å². The minimum atomic E-state index is 0.393. The third-order valence-corrected chi connectivity index (χ3v) is 4.27. The molecule has 0 aromatic carbocycles. The SMILES string of the molecule is Cc1cc([C@H]2CCCCCN2Cc2cccn2C)no1. The molecule has 0 N–H and O–H groups in total. The molecule has 1 aliphatic rings. The van der Waals surface area contributed by atoms with Gasteiger partial charge >= 0.3 is 0 Å². The van der Waals surface area contributed by atoms with Crippen molar-refractivity contribution in [1.29, 1.82) is 0 Å². The van der Waals surface area contributed by atoms with Crippen molar-refractivity contribution in [3.63, 3.8) is 0 Å². The first-order chi connectivity index (χ1) is 9.74. The molecule has 3 heterocycles. The molecule has 0 radical (unpaired) electrons. The molecule has 1 atom stereocenters. The first-order valence-corrected chi connectivity index (χ1v) is 7.51. The Morgan fingerprint density at radius 3 is 2.95 bits per heavy atom. The van der Waals surface area contributed by atoms with Gasteiger partial charge in [-0.3, -0.25) is 4.90 Å². The molecular formula is C16H23N3O. The smallest absolute Gasteiger partial charge is 0.133 e. The molecule has 0 saturated carbocycles. The largest absolute Gasteiger partial charge is 0.361 e. The number of aryl methyl sites for hydroxylation is 2. The van der Waals surface area contributed by atoms with E-state index >= 15 is 0 Å². The van der Waals surface area contributed by atoms with Crippen molar-refractivity contribution in [1.82, 2.24) is 14.6 Å². The highest BCUT2D eigenvalue weighted by molar-refractivity contribution is 5.12. The molecule has 2 aromatic rings. The van der Waals surface area contributed by atoms with Gasteiger partial charge in [0.15, 0.2) is 0 Å². The summed E-state index contributed by atoms with van der Waals surface area (Å²) in [6.45, 7) is 4.09. The van der Waals surface area contributed by atoms with Gasteiger partial charge in [-0.05, 0) is 38.4 Å². The van der Waals surface area contributed by atoms with Crippen LogP contribution in [0, 0.1) is 6.92 Å². The Kier molecular flexibility index (Phi) is 3.92. The van der Waals surface area contributed by atoms with E-state index in [4.69, 9.17) is 4.52 Å². The molecule has 0 aliphatic carbocycles. The molecule has 20 heavy (non-hydrogen) atoms. The fraction of sp³-hybridized carbons (Fsp3) is 0.562. The summed E-state index contributed by atoms with van der Waals surface area (Å²) >= 11 is 0. The fourth-order valence-corrected chi connectivity index (χ4v) is 3.10. The summed E-state index contributed by atoms with van der Waals surface area (Å²) in [7, 11) is 2.11. The summed E-state index contributed by atoms with van der Waals surface area (Å²) in [6, 6.07) is 6.80. The Morgan fingerprint density at radius 2 is 2.25 bits per heavy atom. The molecule has 4 nitrogen and oxygen atoms in total. The first-order valence-electron chi connectivity index (χ1n) is 7.51. The van der Waals surface area contributed by atoms with Gasteiger partial charge in [0.25, 0.3) is 0 Å². The van der Waals surface area contributed by atoms with Crippen LogP contribution in [0.5, 0.6) is 0 Å². The molecule has 0 spiro atoms. The van der Waals surface area contributed by atoms with E-state index in [1.165, 1.54) is 31.4 Å². The Morgan fingerprint density at radius 1 is 1.35 bits per heavy atom. The number of rotatable bonds is 3. The lowest BCUT2D eigenvalue weighted by atomic mass is 10.1. The average Bonchev–Trinajstić information content (AvgIpc) is 2.95. The summed E-state index contributed by atoms with van der Waals surface area (Å²) in [5.41, 5.74) is 2.45. The Hall–Kier alpha value is -1.55. The van der Waals surface area contributed by atoms with Gasteiger partial charge in [0, 0.05) is 31.5 Å². The van der Waals surface area contributed by atoms with Crippen LogP contribution in [0.25, 0.3) is 0 Å². The molecule has 108 valence electrons. The highest BCUT2D eigenvalue weighted by Crippen LogP contribution is 2.31. The monoisotopic (exact) mass is 273 g/mol. The molecule has 1 aliphatic heterocycles. The lowest BCUT2D eigenvalue weighted by Gasteiger charge is -2.28. The van der Waals surface area contributed by atoms with Crippen LogP contribution in [0.3, 0.4) is 0 Å². The van der Waals surface area contributed by atoms with Crippen molar-refractivity contribution in [3.05, 3.63) is 41.5 Å². The van der Waals surface area contributed by atoms with Crippen molar-refractivity contribution in [2.24, 2.45) is 7.05 Å². The van der Waals surface area contributed by atoms with E-state index in [1.807, 2.05) is 6.92 Å². The Bertz CT molecular complexity index is 558. The topological polar surface area (TPSA) is 34.2 Å². The minimum Gasteiger partial charge on any atom is -0.361 e. The number of likely N-dealkylation sites (tertiary alicyclic amines) is 1. The average molecular weight is 273 g/mol. The lowest BCUT2D eigenvalue weighted by molar-refractivity contribution is 0.180. The second-order valence-electron chi connectivity index (χ2n) is 5.81. The maximum absolute atomic E-state index is 5.28. The Balaban J connectivity index is 1.82. The van der Waals surface area contributed by atoms with Crippen LogP contribution in [0.15, 0.2) is 28.9 Å². The zero-order valence-electron chi connectivity index (χ0n) is 12.4. The zero-order valence-corrected chi connectivity index (χ0v) is 12.4. The molecule has 0 bridgehead atoms. The van der Waals surface area contributed by atoms with Crippen molar-refractivity contribution < 1.29 is 4.52 Å². The summed E-state index contributed by atoms with van der Waals surface area (Å²) < 4.78 is 7.49. The quantitative estimate of drug-likeness (QED) is 0.859. The van der Waals surface area contributed by atoms with Crippen LogP contribution in [-0.2, 0) is 13.6 Å². The third kappa shape index (κ3) is 2.80. The van der Waals surface area contributed by atoms with Gasteiger partial charge in [-0.25, -0.2) is 0 Å². The van der Waals surface area contributed by atoms with Crippen LogP contribution in [0.1, 0.15) is 48.9 Å². The lowest BCUT2D eigenvalue weighted by Crippen LogP contribution is -2.29. The highest BCUT2D eigenvalue weighted by atomic mass is 16.5. The number of nitrogens with zero attached hydrogens (tertiary/aromatic N) is 3. The maximum atomic E-state index is 5.28. The van der Waals surface area contributed by atoms with Crippen LogP contribution in [-0.4, -0.2) is 21.2 Å². The standard InChI is InChI=1S/C16H23N3O/c1-13-11-15(17-20-13)16-8-4-3-5-10-19(16)12-14-7-6-9-18(14)2/h6-7,9,11,16H,3-5,8,10,12H2,1-2H3/t16-/m1/s1. The highest BCUT2D eigenvalue weighted by Gasteiger charge is 2.25. The summed E-state index contributed by atoms with van der Waals surface area (Å²) in [4.78, 5) is 2.56. The predicted octanol–water partition coefficient (Wildman–Crippen LogP) is 3.44. The first kappa shape index (κ1) is 13.4. The van der Waals surface area contributed by atoms with E-state index < -0.39 is 0 Å². The summed E-state index contributed by atoms with van der Waals surface area (Å²) in [5, 5.41) is 4.26. The third-order valence-electron chi connectivity index (χ3n) is 4.27. The van der Waals surface area contributed by atoms with Gasteiger partial charge in [-0.1, -0.05) is 18.0 Å². The van der Waals surface area contributed by atoms with E-state index in [0.29, 0.717) is 6.04 Å². The zero-order chi connectivity index (χ0) is 13.9. The van der Waals surface area contributed by atoms with Gasteiger partial charge in [-0.15, -0.1) is 0 Å². The van der Waals surface area contributed by atoms with Crippen LogP contribution in [0.2, 0.25) is 0 Å². The van der Waals surface area contributed by atoms with Gasteiger partial charge in [0.05, 0.1) is 6.04 Å². The fourth-order valence-electron chi connectivity index (χ4n) is 3.10. The van der Waals surface area contributed by atoms with Gasteiger partial charge in [-0.2, -0.15) is 0 Å². The van der Waals surface area contributed by atoms with Crippen molar-refractivity contribution in [2.45, 2.75) is 45.2 Å². The van der Waals surface area contributed by atoms with E-state index in [9.17, 15) is 0 Å². The van der Waals surface area contributed by atoms with Crippen molar-refractivity contribution in [2.75, 3.05) is 6.54 Å². The Labute approximate surface area is 120 Å². The van der Waals surface area contributed by atoms with E-state index in [-0.39, 0.29) is 0 Å². The molecule has 3 rings (SSSR count). The van der Waals surface area contributed by atoms with Gasteiger partial charge in [0.1, 0.15) is 11.5 Å².